The van der Waals surface area contributed by atoms with Gasteiger partial charge in [0.1, 0.15) is 11.6 Å². The molecule has 0 aliphatic heterocycles. The summed E-state index contributed by atoms with van der Waals surface area (Å²) in [5.74, 6) is -0.291. The van der Waals surface area contributed by atoms with Crippen LogP contribution in [0.25, 0.3) is 0 Å². The second kappa shape index (κ2) is 5.34. The molecule has 3 nitrogen and oxygen atoms in total. The Labute approximate surface area is 87.8 Å². The van der Waals surface area contributed by atoms with Crippen LogP contribution in [0, 0.1) is 5.82 Å². The second-order valence-electron chi connectivity index (χ2n) is 2.94. The molecule has 0 bridgehead atoms. The molecule has 0 aliphatic carbocycles. The van der Waals surface area contributed by atoms with E-state index in [1.54, 1.807) is 6.92 Å². The first-order chi connectivity index (χ1) is 7.17. The first-order valence-electron chi connectivity index (χ1n) is 4.65. The zero-order valence-electron chi connectivity index (χ0n) is 8.75. The Kier molecular flexibility index (Phi) is 4.09. The number of halogens is 1. The fourth-order valence-electron chi connectivity index (χ4n) is 1.25. The van der Waals surface area contributed by atoms with Crippen molar-refractivity contribution in [3.05, 3.63) is 29.6 Å². The Morgan fingerprint density at radius 1 is 1.47 bits per heavy atom. The number of hydrogen-bond acceptors (Lipinski definition) is 3. The molecule has 0 spiro atoms. The van der Waals surface area contributed by atoms with Crippen LogP contribution in [0.5, 0.6) is 5.75 Å². The fraction of sp³-hybridized carbons (Fsp3) is 0.364. The number of benzene rings is 1. The van der Waals surface area contributed by atoms with E-state index in [4.69, 9.17) is 9.47 Å². The van der Waals surface area contributed by atoms with Gasteiger partial charge in [-0.3, -0.25) is 4.79 Å². The van der Waals surface area contributed by atoms with E-state index in [-0.39, 0.29) is 12.4 Å². The highest BCUT2D eigenvalue weighted by molar-refractivity contribution is 5.73. The largest absolute Gasteiger partial charge is 0.496 e. The summed E-state index contributed by atoms with van der Waals surface area (Å²) in [4.78, 5) is 11.2. The summed E-state index contributed by atoms with van der Waals surface area (Å²) >= 11 is 0. The molecule has 0 aliphatic rings. The predicted octanol–water partition coefficient (Wildman–Crippen LogP) is 1.94. The van der Waals surface area contributed by atoms with Gasteiger partial charge in [0.15, 0.2) is 0 Å². The van der Waals surface area contributed by atoms with Crippen LogP contribution in [-0.4, -0.2) is 19.7 Å². The molecule has 0 atom stereocenters. The quantitative estimate of drug-likeness (QED) is 0.715. The van der Waals surface area contributed by atoms with E-state index >= 15 is 0 Å². The maximum atomic E-state index is 12.9. The van der Waals surface area contributed by atoms with Crippen molar-refractivity contribution in [3.63, 3.8) is 0 Å². The summed E-state index contributed by atoms with van der Waals surface area (Å²) < 4.78 is 22.7. The molecular formula is C11H13FO3. The average molecular weight is 212 g/mol. The number of rotatable bonds is 4. The molecule has 1 rings (SSSR count). The standard InChI is InChI=1S/C11H13FO3/c1-3-15-11(13)7-8-6-9(12)4-5-10(8)14-2/h4-6H,3,7H2,1-2H3. The normalized spacial score (nSPS) is 9.80. The van der Waals surface area contributed by atoms with Gasteiger partial charge in [-0.05, 0) is 25.1 Å². The Morgan fingerprint density at radius 2 is 2.20 bits per heavy atom. The Bertz CT molecular complexity index is 350. The lowest BCUT2D eigenvalue weighted by atomic mass is 10.1. The molecule has 0 N–H and O–H groups in total. The Balaban J connectivity index is 2.82. The highest BCUT2D eigenvalue weighted by Crippen LogP contribution is 2.19. The summed E-state index contributed by atoms with van der Waals surface area (Å²) in [6.07, 6.45) is 0.0226. The van der Waals surface area contributed by atoms with Crippen molar-refractivity contribution in [2.45, 2.75) is 13.3 Å². The minimum absolute atomic E-state index is 0.0226. The van der Waals surface area contributed by atoms with Crippen molar-refractivity contribution in [1.82, 2.24) is 0 Å². The van der Waals surface area contributed by atoms with E-state index in [0.717, 1.165) is 0 Å². The van der Waals surface area contributed by atoms with Gasteiger partial charge in [0.2, 0.25) is 0 Å². The predicted molar refractivity (Wildman–Crippen MR) is 53.3 cm³/mol. The molecule has 0 aromatic heterocycles. The van der Waals surface area contributed by atoms with Crippen LogP contribution in [0.15, 0.2) is 18.2 Å². The molecule has 0 amide bonds. The molecule has 0 fully saturated rings. The summed E-state index contributed by atoms with van der Waals surface area (Å²) in [5, 5.41) is 0. The van der Waals surface area contributed by atoms with Crippen LogP contribution < -0.4 is 4.74 Å². The van der Waals surface area contributed by atoms with Gasteiger partial charge in [0, 0.05) is 5.56 Å². The summed E-state index contributed by atoms with van der Waals surface area (Å²) in [6, 6.07) is 4.05. The van der Waals surface area contributed by atoms with Gasteiger partial charge in [-0.1, -0.05) is 0 Å². The van der Waals surface area contributed by atoms with Crippen LogP contribution in [0.4, 0.5) is 4.39 Å². The van der Waals surface area contributed by atoms with E-state index < -0.39 is 5.82 Å². The van der Waals surface area contributed by atoms with Gasteiger partial charge in [0.05, 0.1) is 20.1 Å². The minimum atomic E-state index is -0.393. The molecule has 15 heavy (non-hydrogen) atoms. The molecule has 1 aromatic rings. The van der Waals surface area contributed by atoms with Crippen molar-refractivity contribution < 1.29 is 18.7 Å². The van der Waals surface area contributed by atoms with E-state index in [0.29, 0.717) is 17.9 Å². The topological polar surface area (TPSA) is 35.5 Å². The molecular weight excluding hydrogens is 199 g/mol. The molecule has 0 saturated heterocycles. The molecule has 0 saturated carbocycles. The number of methoxy groups -OCH3 is 1. The number of carbonyl (C=O) groups is 1. The van der Waals surface area contributed by atoms with Crippen molar-refractivity contribution in [1.29, 1.82) is 0 Å². The number of esters is 1. The molecule has 82 valence electrons. The molecule has 1 aromatic carbocycles. The Hall–Kier alpha value is -1.58. The van der Waals surface area contributed by atoms with Crippen LogP contribution in [0.2, 0.25) is 0 Å². The summed E-state index contributed by atoms with van der Waals surface area (Å²) in [5.41, 5.74) is 0.496. The summed E-state index contributed by atoms with van der Waals surface area (Å²) in [6.45, 7) is 2.04. The third kappa shape index (κ3) is 3.23. The smallest absolute Gasteiger partial charge is 0.310 e. The first kappa shape index (κ1) is 11.5. The van der Waals surface area contributed by atoms with E-state index in [1.807, 2.05) is 0 Å². The number of hydrogen-bond donors (Lipinski definition) is 0. The molecule has 0 unspecified atom stereocenters. The SMILES string of the molecule is CCOC(=O)Cc1cc(F)ccc1OC. The maximum absolute atomic E-state index is 12.9. The van der Waals surface area contributed by atoms with Crippen molar-refractivity contribution in [2.24, 2.45) is 0 Å². The monoisotopic (exact) mass is 212 g/mol. The third-order valence-electron chi connectivity index (χ3n) is 1.88. The van der Waals surface area contributed by atoms with Crippen LogP contribution in [-0.2, 0) is 16.0 Å². The van der Waals surface area contributed by atoms with Gasteiger partial charge in [0.25, 0.3) is 0 Å². The van der Waals surface area contributed by atoms with Crippen LogP contribution in [0.1, 0.15) is 12.5 Å². The van der Waals surface area contributed by atoms with Gasteiger partial charge >= 0.3 is 5.97 Å². The Morgan fingerprint density at radius 3 is 2.80 bits per heavy atom. The minimum Gasteiger partial charge on any atom is -0.496 e. The lowest BCUT2D eigenvalue weighted by Crippen LogP contribution is -2.08. The summed E-state index contributed by atoms with van der Waals surface area (Å²) in [7, 11) is 1.47. The zero-order chi connectivity index (χ0) is 11.3. The molecule has 4 heteroatoms. The second-order valence-corrected chi connectivity index (χ2v) is 2.94. The lowest BCUT2D eigenvalue weighted by Gasteiger charge is -2.07. The molecule has 0 heterocycles. The van der Waals surface area contributed by atoms with E-state index in [1.165, 1.54) is 25.3 Å². The number of ether oxygens (including phenoxy) is 2. The first-order valence-corrected chi connectivity index (χ1v) is 4.65. The highest BCUT2D eigenvalue weighted by atomic mass is 19.1. The maximum Gasteiger partial charge on any atom is 0.310 e. The van der Waals surface area contributed by atoms with E-state index in [2.05, 4.69) is 0 Å². The van der Waals surface area contributed by atoms with Gasteiger partial charge in [-0.15, -0.1) is 0 Å². The van der Waals surface area contributed by atoms with Crippen molar-refractivity contribution in [2.75, 3.05) is 13.7 Å². The molecule has 0 radical (unpaired) electrons. The van der Waals surface area contributed by atoms with Gasteiger partial charge < -0.3 is 9.47 Å². The fourth-order valence-corrected chi connectivity index (χ4v) is 1.25. The average Bonchev–Trinajstić information content (AvgIpc) is 2.18. The van der Waals surface area contributed by atoms with Gasteiger partial charge in [-0.2, -0.15) is 0 Å². The highest BCUT2D eigenvalue weighted by Gasteiger charge is 2.10. The number of carbonyl (C=O) groups excluding carboxylic acids is 1. The van der Waals surface area contributed by atoms with Crippen LogP contribution >= 0.6 is 0 Å². The third-order valence-corrected chi connectivity index (χ3v) is 1.88. The zero-order valence-corrected chi connectivity index (χ0v) is 8.75. The van der Waals surface area contributed by atoms with Crippen molar-refractivity contribution >= 4 is 5.97 Å². The van der Waals surface area contributed by atoms with E-state index in [9.17, 15) is 9.18 Å². The van der Waals surface area contributed by atoms with Crippen LogP contribution in [0.3, 0.4) is 0 Å². The lowest BCUT2D eigenvalue weighted by molar-refractivity contribution is -0.142. The van der Waals surface area contributed by atoms with Gasteiger partial charge in [-0.25, -0.2) is 4.39 Å². The van der Waals surface area contributed by atoms with Crippen molar-refractivity contribution in [3.8, 4) is 5.75 Å².